The summed E-state index contributed by atoms with van der Waals surface area (Å²) in [6, 6.07) is 5.84. The molecule has 0 atom stereocenters. The summed E-state index contributed by atoms with van der Waals surface area (Å²) in [6.45, 7) is 5.62. The van der Waals surface area contributed by atoms with E-state index in [0.717, 1.165) is 0 Å². The van der Waals surface area contributed by atoms with Crippen LogP contribution in [0.15, 0.2) is 24.3 Å². The number of carboxylic acid groups (broad SMARTS) is 1. The van der Waals surface area contributed by atoms with Gasteiger partial charge in [0, 0.05) is 12.6 Å². The zero-order chi connectivity index (χ0) is 17.6. The molecular formula is C18H18FN3O2. The van der Waals surface area contributed by atoms with Gasteiger partial charge in [0.2, 0.25) is 0 Å². The Morgan fingerprint density at radius 1 is 1.25 bits per heavy atom. The lowest BCUT2D eigenvalue weighted by Gasteiger charge is -2.15. The standard InChI is InChI=1S/C18H18FN3O2/c1-9(2)16-15(18(23)24)14(11-5-7-12(19)8-6-11)13-10(3)21-22(4)17(13)20-16/h5-9H,1-4H3,(H,23,24). The van der Waals surface area contributed by atoms with E-state index in [4.69, 9.17) is 0 Å². The smallest absolute Gasteiger partial charge is 0.338 e. The van der Waals surface area contributed by atoms with Crippen molar-refractivity contribution in [3.63, 3.8) is 0 Å². The van der Waals surface area contributed by atoms with Gasteiger partial charge in [0.25, 0.3) is 0 Å². The fourth-order valence-electron chi connectivity index (χ4n) is 3.03. The molecule has 0 amide bonds. The molecule has 0 aliphatic heterocycles. The Balaban J connectivity index is 2.53. The molecule has 5 nitrogen and oxygen atoms in total. The van der Waals surface area contributed by atoms with Gasteiger partial charge in [-0.15, -0.1) is 0 Å². The lowest BCUT2D eigenvalue weighted by atomic mass is 9.91. The molecule has 0 bridgehead atoms. The monoisotopic (exact) mass is 327 g/mol. The highest BCUT2D eigenvalue weighted by molar-refractivity contribution is 6.07. The van der Waals surface area contributed by atoms with E-state index in [9.17, 15) is 14.3 Å². The third-order valence-corrected chi connectivity index (χ3v) is 4.07. The molecule has 2 aromatic heterocycles. The molecule has 6 heteroatoms. The maximum absolute atomic E-state index is 13.3. The third kappa shape index (κ3) is 2.44. The summed E-state index contributed by atoms with van der Waals surface area (Å²) >= 11 is 0. The molecule has 0 aliphatic carbocycles. The highest BCUT2D eigenvalue weighted by Crippen LogP contribution is 2.37. The molecule has 0 fully saturated rings. The van der Waals surface area contributed by atoms with Crippen LogP contribution in [-0.4, -0.2) is 25.8 Å². The summed E-state index contributed by atoms with van der Waals surface area (Å²) < 4.78 is 15.0. The summed E-state index contributed by atoms with van der Waals surface area (Å²) in [5, 5.41) is 14.9. The molecule has 0 saturated carbocycles. The van der Waals surface area contributed by atoms with E-state index in [0.29, 0.717) is 33.5 Å². The number of aryl methyl sites for hydroxylation is 2. The Hall–Kier alpha value is -2.76. The average Bonchev–Trinajstić information content (AvgIpc) is 2.80. The molecule has 24 heavy (non-hydrogen) atoms. The van der Waals surface area contributed by atoms with Crippen LogP contribution in [0, 0.1) is 12.7 Å². The normalized spacial score (nSPS) is 11.4. The summed E-state index contributed by atoms with van der Waals surface area (Å²) in [7, 11) is 1.78. The summed E-state index contributed by atoms with van der Waals surface area (Å²) in [6.07, 6.45) is 0. The van der Waals surface area contributed by atoms with Crippen LogP contribution in [0.1, 0.15) is 41.5 Å². The van der Waals surface area contributed by atoms with Gasteiger partial charge in [-0.25, -0.2) is 14.2 Å². The van der Waals surface area contributed by atoms with Gasteiger partial charge >= 0.3 is 5.97 Å². The van der Waals surface area contributed by atoms with Gasteiger partial charge < -0.3 is 5.11 Å². The van der Waals surface area contributed by atoms with Crippen LogP contribution in [-0.2, 0) is 7.05 Å². The molecule has 0 spiro atoms. The van der Waals surface area contributed by atoms with Crippen LogP contribution in [0.4, 0.5) is 4.39 Å². The lowest BCUT2D eigenvalue weighted by Crippen LogP contribution is -2.10. The number of carbonyl (C=O) groups is 1. The van der Waals surface area contributed by atoms with E-state index in [1.807, 2.05) is 20.8 Å². The lowest BCUT2D eigenvalue weighted by molar-refractivity contribution is 0.0695. The molecule has 3 rings (SSSR count). The van der Waals surface area contributed by atoms with Gasteiger partial charge in [-0.1, -0.05) is 26.0 Å². The average molecular weight is 327 g/mol. The molecule has 0 aliphatic rings. The summed E-state index contributed by atoms with van der Waals surface area (Å²) in [5.74, 6) is -1.49. The van der Waals surface area contributed by atoms with Crippen LogP contribution < -0.4 is 0 Å². The van der Waals surface area contributed by atoms with Crippen LogP contribution >= 0.6 is 0 Å². The predicted octanol–water partition coefficient (Wildman–Crippen LogP) is 3.90. The second kappa shape index (κ2) is 5.70. The molecule has 1 aromatic carbocycles. The van der Waals surface area contributed by atoms with Crippen molar-refractivity contribution in [3.8, 4) is 11.1 Å². The fourth-order valence-corrected chi connectivity index (χ4v) is 3.03. The highest BCUT2D eigenvalue weighted by atomic mass is 19.1. The van der Waals surface area contributed by atoms with E-state index in [1.165, 1.54) is 12.1 Å². The van der Waals surface area contributed by atoms with E-state index >= 15 is 0 Å². The first-order valence-corrected chi connectivity index (χ1v) is 7.67. The Kier molecular flexibility index (Phi) is 3.83. The highest BCUT2D eigenvalue weighted by Gasteiger charge is 2.26. The SMILES string of the molecule is Cc1nn(C)c2nc(C(C)C)c(C(=O)O)c(-c3ccc(F)cc3)c12. The minimum atomic E-state index is -1.05. The van der Waals surface area contributed by atoms with E-state index in [-0.39, 0.29) is 17.3 Å². The van der Waals surface area contributed by atoms with Crippen molar-refractivity contribution in [2.75, 3.05) is 0 Å². The number of hydrogen-bond acceptors (Lipinski definition) is 3. The first kappa shape index (κ1) is 16.1. The number of aromatic carboxylic acids is 1. The van der Waals surface area contributed by atoms with Crippen LogP contribution in [0.5, 0.6) is 0 Å². The minimum Gasteiger partial charge on any atom is -0.478 e. The first-order valence-electron chi connectivity index (χ1n) is 7.67. The molecule has 124 valence electrons. The van der Waals surface area contributed by atoms with Crippen LogP contribution in [0.3, 0.4) is 0 Å². The number of halogens is 1. The second-order valence-electron chi connectivity index (χ2n) is 6.12. The zero-order valence-corrected chi connectivity index (χ0v) is 14.0. The number of aromatic nitrogens is 3. The van der Waals surface area contributed by atoms with Crippen LogP contribution in [0.2, 0.25) is 0 Å². The maximum atomic E-state index is 13.3. The largest absolute Gasteiger partial charge is 0.478 e. The molecule has 2 heterocycles. The molecule has 1 N–H and O–H groups in total. The van der Waals surface area contributed by atoms with Crippen molar-refractivity contribution >= 4 is 17.0 Å². The van der Waals surface area contributed by atoms with Crippen molar-refractivity contribution in [2.24, 2.45) is 7.05 Å². The van der Waals surface area contributed by atoms with Crippen molar-refractivity contribution in [2.45, 2.75) is 26.7 Å². The third-order valence-electron chi connectivity index (χ3n) is 4.07. The molecular weight excluding hydrogens is 309 g/mol. The van der Waals surface area contributed by atoms with Gasteiger partial charge in [0.1, 0.15) is 5.82 Å². The van der Waals surface area contributed by atoms with Crippen molar-refractivity contribution in [1.29, 1.82) is 0 Å². The van der Waals surface area contributed by atoms with Crippen molar-refractivity contribution < 1.29 is 14.3 Å². The number of benzene rings is 1. The van der Waals surface area contributed by atoms with Gasteiger partial charge in [0.05, 0.1) is 22.3 Å². The maximum Gasteiger partial charge on any atom is 0.338 e. The second-order valence-corrected chi connectivity index (χ2v) is 6.12. The van der Waals surface area contributed by atoms with Gasteiger partial charge in [-0.3, -0.25) is 4.68 Å². The number of nitrogens with zero attached hydrogens (tertiary/aromatic N) is 3. The topological polar surface area (TPSA) is 68.0 Å². The van der Waals surface area contributed by atoms with Gasteiger partial charge in [-0.05, 0) is 30.5 Å². The first-order chi connectivity index (χ1) is 11.3. The Bertz CT molecular complexity index is 943. The van der Waals surface area contributed by atoms with Gasteiger partial charge in [-0.2, -0.15) is 5.10 Å². The van der Waals surface area contributed by atoms with E-state index in [1.54, 1.807) is 23.9 Å². The number of rotatable bonds is 3. The fraction of sp³-hybridized carbons (Fsp3) is 0.278. The quantitative estimate of drug-likeness (QED) is 0.792. The predicted molar refractivity (Wildman–Crippen MR) is 89.7 cm³/mol. The van der Waals surface area contributed by atoms with Crippen molar-refractivity contribution in [1.82, 2.24) is 14.8 Å². The molecule has 0 unspecified atom stereocenters. The molecule has 3 aromatic rings. The molecule has 0 saturated heterocycles. The zero-order valence-electron chi connectivity index (χ0n) is 14.0. The van der Waals surface area contributed by atoms with Crippen molar-refractivity contribution in [3.05, 3.63) is 47.0 Å². The van der Waals surface area contributed by atoms with E-state index < -0.39 is 5.97 Å². The van der Waals surface area contributed by atoms with Crippen LogP contribution in [0.25, 0.3) is 22.2 Å². The number of hydrogen-bond donors (Lipinski definition) is 1. The molecule has 0 radical (unpaired) electrons. The Labute approximate surface area is 138 Å². The number of fused-ring (bicyclic) bond motifs is 1. The summed E-state index contributed by atoms with van der Waals surface area (Å²) in [5.41, 5.74) is 3.15. The Morgan fingerprint density at radius 3 is 2.42 bits per heavy atom. The minimum absolute atomic E-state index is 0.0742. The number of pyridine rings is 1. The number of carboxylic acids is 1. The van der Waals surface area contributed by atoms with E-state index in [2.05, 4.69) is 10.1 Å². The Morgan fingerprint density at radius 2 is 1.88 bits per heavy atom. The van der Waals surface area contributed by atoms with Gasteiger partial charge in [0.15, 0.2) is 5.65 Å². The summed E-state index contributed by atoms with van der Waals surface area (Å²) in [4.78, 5) is 16.6.